The van der Waals surface area contributed by atoms with Crippen LogP contribution < -0.4 is 14.2 Å². The molecule has 1 fully saturated rings. The molecule has 0 unspecified atom stereocenters. The molecule has 3 aromatic carbocycles. The molecule has 4 aromatic rings. The van der Waals surface area contributed by atoms with E-state index in [1.807, 2.05) is 0 Å². The summed E-state index contributed by atoms with van der Waals surface area (Å²) < 4.78 is 24.3. The second kappa shape index (κ2) is 12.0. The Morgan fingerprint density at radius 2 is 1.76 bits per heavy atom. The Labute approximate surface area is 248 Å². The monoisotopic (exact) mass is 647 g/mol. The minimum atomic E-state index is -1.66. The summed E-state index contributed by atoms with van der Waals surface area (Å²) >= 11 is 10.1. The van der Waals surface area contributed by atoms with Crippen molar-refractivity contribution in [1.82, 2.24) is 4.57 Å². The average Bonchev–Trinajstić information content (AvgIpc) is 3.36. The zero-order valence-electron chi connectivity index (χ0n) is 21.9. The third kappa shape index (κ3) is 5.30. The van der Waals surface area contributed by atoms with Gasteiger partial charge < -0.3 is 43.9 Å². The molecule has 1 aromatic heterocycles. The van der Waals surface area contributed by atoms with E-state index in [0.29, 0.717) is 43.7 Å². The van der Waals surface area contributed by atoms with Gasteiger partial charge in [-0.25, -0.2) is 0 Å². The van der Waals surface area contributed by atoms with E-state index in [2.05, 4.69) is 15.9 Å². The van der Waals surface area contributed by atoms with Crippen LogP contribution in [0.1, 0.15) is 15.9 Å². The third-order valence-corrected chi connectivity index (χ3v) is 8.27. The van der Waals surface area contributed by atoms with Crippen molar-refractivity contribution in [3.05, 3.63) is 81.4 Å². The van der Waals surface area contributed by atoms with Crippen molar-refractivity contribution in [2.75, 3.05) is 20.8 Å². The molecule has 0 spiro atoms. The van der Waals surface area contributed by atoms with Crippen LogP contribution in [0.5, 0.6) is 17.2 Å². The van der Waals surface area contributed by atoms with Crippen LogP contribution in [0.4, 0.5) is 0 Å². The summed E-state index contributed by atoms with van der Waals surface area (Å²) in [4.78, 5) is 13.9. The molecular weight excluding hydrogens is 622 g/mol. The lowest BCUT2D eigenvalue weighted by Crippen LogP contribution is -2.60. The predicted molar refractivity (Wildman–Crippen MR) is 153 cm³/mol. The van der Waals surface area contributed by atoms with E-state index in [0.717, 1.165) is 0 Å². The van der Waals surface area contributed by atoms with Crippen molar-refractivity contribution in [2.45, 2.75) is 30.7 Å². The molecule has 4 N–H and O–H groups in total. The van der Waals surface area contributed by atoms with Gasteiger partial charge in [0.05, 0.1) is 54.2 Å². The van der Waals surface area contributed by atoms with Crippen molar-refractivity contribution >= 4 is 44.2 Å². The van der Waals surface area contributed by atoms with Gasteiger partial charge >= 0.3 is 0 Å². The Bertz CT molecular complexity index is 1590. The molecule has 1 aliphatic rings. The molecule has 1 saturated heterocycles. The second-order valence-corrected chi connectivity index (χ2v) is 10.6. The molecule has 10 nitrogen and oxygen atoms in total. The van der Waals surface area contributed by atoms with Crippen molar-refractivity contribution in [2.24, 2.45) is 0 Å². The number of halogens is 2. The zero-order chi connectivity index (χ0) is 29.4. The standard InChI is InChI=1S/C29H27BrClNO9/c1-38-14-7-8-16(20(11-14)39-2)25(34)15-5-3-4-6-18(15)32-12-21(23-19(32)10-9-17(30)24(23)31)40-28-27(36)26(35)22(13-33)41-29(28)37/h3-12,22,26-29,33,35-37H,13H2,1-2H3/t22-,26+,27+,28-,29-/m1/s1. The Kier molecular flexibility index (Phi) is 8.57. The number of ketones is 1. The molecule has 12 heteroatoms. The highest BCUT2D eigenvalue weighted by Gasteiger charge is 2.45. The summed E-state index contributed by atoms with van der Waals surface area (Å²) in [6.07, 6.45) is -5.79. The summed E-state index contributed by atoms with van der Waals surface area (Å²) in [5, 5.41) is 41.7. The van der Waals surface area contributed by atoms with Gasteiger partial charge in [0.1, 0.15) is 35.6 Å². The minimum Gasteiger partial charge on any atom is -0.497 e. The molecular formula is C29H27BrClNO9. The van der Waals surface area contributed by atoms with Crippen LogP contribution in [0, 0.1) is 0 Å². The van der Waals surface area contributed by atoms with Crippen molar-refractivity contribution in [1.29, 1.82) is 0 Å². The molecule has 0 aliphatic carbocycles. The minimum absolute atomic E-state index is 0.150. The number of ether oxygens (including phenoxy) is 4. The van der Waals surface area contributed by atoms with Gasteiger partial charge in [0, 0.05) is 16.1 Å². The first-order chi connectivity index (χ1) is 19.7. The van der Waals surface area contributed by atoms with Gasteiger partial charge in [-0.15, -0.1) is 0 Å². The molecule has 0 bridgehead atoms. The van der Waals surface area contributed by atoms with E-state index in [4.69, 9.17) is 30.5 Å². The lowest BCUT2D eigenvalue weighted by Gasteiger charge is -2.39. The van der Waals surface area contributed by atoms with Crippen molar-refractivity contribution in [3.63, 3.8) is 0 Å². The van der Waals surface area contributed by atoms with Crippen LogP contribution in [0.3, 0.4) is 0 Å². The first kappa shape index (κ1) is 29.3. The van der Waals surface area contributed by atoms with Crippen LogP contribution in [0.2, 0.25) is 5.02 Å². The molecule has 2 heterocycles. The van der Waals surface area contributed by atoms with E-state index in [1.54, 1.807) is 65.4 Å². The molecule has 0 radical (unpaired) electrons. The SMILES string of the molecule is COc1ccc(C(=O)c2ccccc2-n2cc(O[C@@H]3[C@@H](O)[C@@H](O)[C@@H](CO)O[C@H]3O)c3c(Cl)c(Br)ccc32)c(OC)c1. The number of hydrogen-bond acceptors (Lipinski definition) is 9. The number of fused-ring (bicyclic) bond motifs is 1. The van der Waals surface area contributed by atoms with Gasteiger partial charge in [0.25, 0.3) is 0 Å². The Morgan fingerprint density at radius 1 is 1.00 bits per heavy atom. The van der Waals surface area contributed by atoms with E-state index in [1.165, 1.54) is 14.2 Å². The molecule has 216 valence electrons. The number of aliphatic hydroxyl groups excluding tert-OH is 4. The molecule has 0 amide bonds. The lowest BCUT2D eigenvalue weighted by molar-refractivity contribution is -0.280. The van der Waals surface area contributed by atoms with Crippen LogP contribution in [-0.4, -0.2) is 82.3 Å². The Morgan fingerprint density at radius 3 is 2.46 bits per heavy atom. The van der Waals surface area contributed by atoms with Gasteiger partial charge in [-0.2, -0.15) is 0 Å². The Hall–Kier alpha value is -3.16. The topological polar surface area (TPSA) is 140 Å². The first-order valence-corrected chi connectivity index (χ1v) is 13.7. The second-order valence-electron chi connectivity index (χ2n) is 9.34. The summed E-state index contributed by atoms with van der Waals surface area (Å²) in [5.74, 6) is 0.725. The number of benzene rings is 3. The predicted octanol–water partition coefficient (Wildman–Crippen LogP) is 3.47. The summed E-state index contributed by atoms with van der Waals surface area (Å²) in [7, 11) is 2.99. The summed E-state index contributed by atoms with van der Waals surface area (Å²) in [6, 6.07) is 15.4. The smallest absolute Gasteiger partial charge is 0.198 e. The fraction of sp³-hybridized carbons (Fsp3) is 0.276. The number of aromatic nitrogens is 1. The Balaban J connectivity index is 1.63. The van der Waals surface area contributed by atoms with Gasteiger partial charge in [-0.3, -0.25) is 4.79 Å². The van der Waals surface area contributed by atoms with Crippen LogP contribution in [0.25, 0.3) is 16.6 Å². The lowest BCUT2D eigenvalue weighted by atomic mass is 9.99. The summed E-state index contributed by atoms with van der Waals surface area (Å²) in [5.41, 5.74) is 1.73. The highest BCUT2D eigenvalue weighted by Crippen LogP contribution is 2.42. The number of nitrogens with zero attached hydrogens (tertiary/aromatic N) is 1. The van der Waals surface area contributed by atoms with E-state index < -0.39 is 37.3 Å². The normalized spacial score (nSPS) is 22.5. The third-order valence-electron chi connectivity index (χ3n) is 6.99. The fourth-order valence-electron chi connectivity index (χ4n) is 4.87. The number of rotatable bonds is 8. The number of para-hydroxylation sites is 1. The van der Waals surface area contributed by atoms with Gasteiger partial charge in [-0.1, -0.05) is 23.7 Å². The maximum atomic E-state index is 13.9. The maximum Gasteiger partial charge on any atom is 0.198 e. The van der Waals surface area contributed by atoms with Crippen LogP contribution in [0.15, 0.2) is 65.3 Å². The fourth-order valence-corrected chi connectivity index (χ4v) is 5.45. The maximum absolute atomic E-state index is 13.9. The van der Waals surface area contributed by atoms with Crippen LogP contribution >= 0.6 is 27.5 Å². The number of methoxy groups -OCH3 is 2. The first-order valence-electron chi connectivity index (χ1n) is 12.5. The number of aliphatic hydroxyl groups is 4. The van der Waals surface area contributed by atoms with Crippen molar-refractivity contribution < 1.29 is 44.2 Å². The van der Waals surface area contributed by atoms with Gasteiger partial charge in [-0.05, 0) is 52.3 Å². The highest BCUT2D eigenvalue weighted by molar-refractivity contribution is 9.10. The van der Waals surface area contributed by atoms with E-state index in [9.17, 15) is 25.2 Å². The van der Waals surface area contributed by atoms with Gasteiger partial charge in [0.15, 0.2) is 18.2 Å². The largest absolute Gasteiger partial charge is 0.497 e. The number of carbonyl (C=O) groups excluding carboxylic acids is 1. The zero-order valence-corrected chi connectivity index (χ0v) is 24.2. The molecule has 5 rings (SSSR count). The molecule has 5 atom stereocenters. The molecule has 0 saturated carbocycles. The van der Waals surface area contributed by atoms with Gasteiger partial charge in [0.2, 0.25) is 0 Å². The van der Waals surface area contributed by atoms with Crippen molar-refractivity contribution in [3.8, 4) is 22.9 Å². The van der Waals surface area contributed by atoms with Crippen LogP contribution in [-0.2, 0) is 4.74 Å². The summed E-state index contributed by atoms with van der Waals surface area (Å²) in [6.45, 7) is -0.607. The molecule has 1 aliphatic heterocycles. The highest BCUT2D eigenvalue weighted by atomic mass is 79.9. The number of carbonyl (C=O) groups is 1. The quantitative estimate of drug-likeness (QED) is 0.212. The number of hydrogen-bond donors (Lipinski definition) is 4. The average molecular weight is 649 g/mol. The molecule has 41 heavy (non-hydrogen) atoms. The van der Waals surface area contributed by atoms with E-state index >= 15 is 0 Å². The van der Waals surface area contributed by atoms with E-state index in [-0.39, 0.29) is 16.6 Å².